The van der Waals surface area contributed by atoms with Crippen LogP contribution in [0.1, 0.15) is 10.4 Å². The number of aldehydes is 1. The van der Waals surface area contributed by atoms with E-state index >= 15 is 0 Å². The highest BCUT2D eigenvalue weighted by atomic mass is 28.3. The highest BCUT2D eigenvalue weighted by molar-refractivity contribution is 6.76. The van der Waals surface area contributed by atoms with Gasteiger partial charge in [0.1, 0.15) is 35.8 Å². The van der Waals surface area contributed by atoms with Crippen molar-refractivity contribution in [1.82, 2.24) is 23.9 Å². The van der Waals surface area contributed by atoms with Gasteiger partial charge in [0, 0.05) is 27.1 Å². The van der Waals surface area contributed by atoms with Gasteiger partial charge < -0.3 is 13.7 Å². The topological polar surface area (TPSA) is 74.3 Å². The molecule has 0 saturated heterocycles. The van der Waals surface area contributed by atoms with E-state index in [1.807, 2.05) is 0 Å². The van der Waals surface area contributed by atoms with E-state index in [1.165, 1.54) is 18.6 Å². The fourth-order valence-corrected chi connectivity index (χ4v) is 3.84. The highest BCUT2D eigenvalue weighted by Gasteiger charge is 2.16. The summed E-state index contributed by atoms with van der Waals surface area (Å²) in [5.41, 5.74) is 3.33. The summed E-state index contributed by atoms with van der Waals surface area (Å²) in [6.07, 6.45) is 6.96. The number of carbonyl (C=O) groups is 1. The third kappa shape index (κ3) is 3.96. The summed E-state index contributed by atoms with van der Waals surface area (Å²) >= 11 is 0. The van der Waals surface area contributed by atoms with Crippen LogP contribution in [-0.2, 0) is 11.5 Å². The molecule has 0 amide bonds. The molecule has 0 saturated carbocycles. The van der Waals surface area contributed by atoms with Crippen molar-refractivity contribution in [2.24, 2.45) is 0 Å². The molecule has 0 aromatic carbocycles. The molecule has 29 heavy (non-hydrogen) atoms. The Morgan fingerprint density at radius 3 is 2.79 bits per heavy atom. The Morgan fingerprint density at radius 1 is 1.21 bits per heavy atom. The van der Waals surface area contributed by atoms with Crippen LogP contribution in [0, 0.1) is 5.82 Å². The first-order valence-electron chi connectivity index (χ1n) is 9.37. The zero-order valence-corrected chi connectivity index (χ0v) is 17.6. The van der Waals surface area contributed by atoms with Gasteiger partial charge in [-0.15, -0.1) is 0 Å². The second-order valence-corrected chi connectivity index (χ2v) is 13.8. The van der Waals surface area contributed by atoms with E-state index in [9.17, 15) is 9.18 Å². The van der Waals surface area contributed by atoms with Crippen molar-refractivity contribution in [3.05, 3.63) is 48.4 Å². The molecule has 4 rings (SSSR count). The van der Waals surface area contributed by atoms with Crippen molar-refractivity contribution in [3.63, 3.8) is 0 Å². The Kier molecular flexibility index (Phi) is 5.01. The summed E-state index contributed by atoms with van der Waals surface area (Å²) in [5.74, 6) is -0.350. The van der Waals surface area contributed by atoms with E-state index in [4.69, 9.17) is 4.74 Å². The number of hydrogen-bond donors (Lipinski definition) is 0. The predicted molar refractivity (Wildman–Crippen MR) is 111 cm³/mol. The van der Waals surface area contributed by atoms with Crippen LogP contribution in [0.5, 0.6) is 0 Å². The van der Waals surface area contributed by atoms with Gasteiger partial charge in [0.15, 0.2) is 11.9 Å². The van der Waals surface area contributed by atoms with Gasteiger partial charge in [-0.25, -0.2) is 19.3 Å². The summed E-state index contributed by atoms with van der Waals surface area (Å²) in [5, 5.41) is 0. The third-order valence-corrected chi connectivity index (χ3v) is 6.39. The monoisotopic (exact) mass is 411 g/mol. The molecule has 0 fully saturated rings. The Bertz CT molecular complexity index is 1190. The number of hydrogen-bond acceptors (Lipinski definition) is 5. The smallest absolute Gasteiger partial charge is 0.161 e. The Labute approximate surface area is 168 Å². The molecular weight excluding hydrogens is 389 g/mol. The van der Waals surface area contributed by atoms with Crippen LogP contribution >= 0.6 is 0 Å². The maximum absolute atomic E-state index is 13.4. The maximum Gasteiger partial charge on any atom is 0.161 e. The molecule has 4 heterocycles. The molecule has 0 spiro atoms. The lowest BCUT2D eigenvalue weighted by Gasteiger charge is -2.15. The fraction of sp³-hybridized carbons (Fsp3) is 0.300. The number of nitrogens with zero attached hydrogens (tertiary/aromatic N) is 5. The zero-order valence-electron chi connectivity index (χ0n) is 16.6. The van der Waals surface area contributed by atoms with Crippen molar-refractivity contribution in [3.8, 4) is 11.4 Å². The quantitative estimate of drug-likeness (QED) is 0.261. The van der Waals surface area contributed by atoms with E-state index in [1.54, 1.807) is 27.4 Å². The summed E-state index contributed by atoms with van der Waals surface area (Å²) in [4.78, 5) is 25.0. The molecular formula is C20H22FN5O2Si. The van der Waals surface area contributed by atoms with Gasteiger partial charge in [-0.1, -0.05) is 19.6 Å². The van der Waals surface area contributed by atoms with Crippen LogP contribution in [0.3, 0.4) is 0 Å². The Balaban J connectivity index is 1.66. The van der Waals surface area contributed by atoms with Gasteiger partial charge in [0.05, 0.1) is 17.3 Å². The molecule has 4 aromatic heterocycles. The number of rotatable bonds is 7. The second-order valence-electron chi connectivity index (χ2n) is 8.18. The number of ether oxygens (including phenoxy) is 1. The van der Waals surface area contributed by atoms with Crippen LogP contribution in [0.15, 0.2) is 37.1 Å². The van der Waals surface area contributed by atoms with Gasteiger partial charge in [0.2, 0.25) is 0 Å². The zero-order chi connectivity index (χ0) is 20.6. The largest absolute Gasteiger partial charge is 0.361 e. The Morgan fingerprint density at radius 2 is 2.03 bits per heavy atom. The molecule has 0 N–H and O–H groups in total. The van der Waals surface area contributed by atoms with Gasteiger partial charge in [-0.3, -0.25) is 4.79 Å². The normalized spacial score (nSPS) is 12.1. The first-order chi connectivity index (χ1) is 13.9. The lowest BCUT2D eigenvalue weighted by Crippen LogP contribution is -2.22. The molecule has 0 atom stereocenters. The minimum atomic E-state index is -1.17. The second kappa shape index (κ2) is 7.49. The van der Waals surface area contributed by atoms with Gasteiger partial charge in [-0.2, -0.15) is 0 Å². The minimum absolute atomic E-state index is 0.315. The molecule has 7 nitrogen and oxygen atoms in total. The van der Waals surface area contributed by atoms with E-state index in [0.717, 1.165) is 12.3 Å². The molecule has 0 bridgehead atoms. The first kappa shape index (κ1) is 19.4. The van der Waals surface area contributed by atoms with Gasteiger partial charge in [0.25, 0.3) is 0 Å². The molecule has 0 aliphatic rings. The predicted octanol–water partition coefficient (Wildman–Crippen LogP) is 4.01. The summed E-state index contributed by atoms with van der Waals surface area (Å²) < 4.78 is 22.6. The van der Waals surface area contributed by atoms with E-state index in [-0.39, 0.29) is 5.82 Å². The number of carbonyl (C=O) groups excluding carboxylic acids is 1. The van der Waals surface area contributed by atoms with Crippen molar-refractivity contribution < 1.29 is 13.9 Å². The van der Waals surface area contributed by atoms with Crippen molar-refractivity contribution in [2.75, 3.05) is 6.61 Å². The number of halogens is 1. The lowest BCUT2D eigenvalue weighted by atomic mass is 10.2. The van der Waals surface area contributed by atoms with Crippen LogP contribution < -0.4 is 0 Å². The van der Waals surface area contributed by atoms with Crippen molar-refractivity contribution >= 4 is 31.0 Å². The fourth-order valence-electron chi connectivity index (χ4n) is 3.09. The molecule has 0 unspecified atom stereocenters. The number of imidazole rings is 1. The van der Waals surface area contributed by atoms with Crippen LogP contribution in [0.4, 0.5) is 4.39 Å². The Hall–Kier alpha value is -2.91. The van der Waals surface area contributed by atoms with E-state index in [2.05, 4.69) is 34.6 Å². The lowest BCUT2D eigenvalue weighted by molar-refractivity contribution is 0.0897. The maximum atomic E-state index is 13.4. The molecule has 0 aliphatic heterocycles. The summed E-state index contributed by atoms with van der Waals surface area (Å²) in [7, 11) is -1.17. The van der Waals surface area contributed by atoms with Crippen LogP contribution in [0.25, 0.3) is 28.1 Å². The average molecular weight is 412 g/mol. The third-order valence-electron chi connectivity index (χ3n) is 4.68. The summed E-state index contributed by atoms with van der Waals surface area (Å²) in [6.45, 7) is 7.89. The minimum Gasteiger partial charge on any atom is -0.361 e. The number of fused-ring (bicyclic) bond motifs is 2. The van der Waals surface area contributed by atoms with Crippen molar-refractivity contribution in [1.29, 1.82) is 0 Å². The average Bonchev–Trinajstić information content (AvgIpc) is 3.24. The van der Waals surface area contributed by atoms with E-state index < -0.39 is 8.07 Å². The van der Waals surface area contributed by atoms with Crippen molar-refractivity contribution in [2.45, 2.75) is 32.4 Å². The standard InChI is InChI=1S/C20H22FN5O2Si/c1-29(2,3)7-6-28-13-26-9-14(11-27)18-20(26)22-8-16(24-18)19-17-5-4-15(21)10-25(17)12-23-19/h4-5,8-12H,6-7,13H2,1-3H3. The van der Waals surface area contributed by atoms with Gasteiger partial charge in [-0.05, 0) is 18.2 Å². The SMILES string of the molecule is C[Si](C)(C)CCOCn1cc(C=O)c2nc(-c3ncn4cc(F)ccc34)cnc21. The van der Waals surface area contributed by atoms with Crippen LogP contribution in [0.2, 0.25) is 25.7 Å². The van der Waals surface area contributed by atoms with Gasteiger partial charge >= 0.3 is 0 Å². The van der Waals surface area contributed by atoms with Crippen LogP contribution in [-0.4, -0.2) is 44.9 Å². The first-order valence-corrected chi connectivity index (χ1v) is 13.1. The molecule has 9 heteroatoms. The van der Waals surface area contributed by atoms with E-state index in [0.29, 0.717) is 47.0 Å². The molecule has 150 valence electrons. The molecule has 4 aromatic rings. The molecule has 0 radical (unpaired) electrons. The number of aromatic nitrogens is 5. The summed E-state index contributed by atoms with van der Waals surface area (Å²) in [6, 6.07) is 4.08. The number of pyridine rings is 1. The molecule has 0 aliphatic carbocycles. The highest BCUT2D eigenvalue weighted by Crippen LogP contribution is 2.25.